The summed E-state index contributed by atoms with van der Waals surface area (Å²) in [6.45, 7) is 1.27. The quantitative estimate of drug-likeness (QED) is 0.675. The van der Waals surface area contributed by atoms with Crippen molar-refractivity contribution in [1.29, 1.82) is 0 Å². The van der Waals surface area contributed by atoms with Crippen molar-refractivity contribution in [1.82, 2.24) is 10.2 Å². The van der Waals surface area contributed by atoms with Gasteiger partial charge in [0, 0.05) is 11.8 Å². The fraction of sp³-hybridized carbons (Fsp3) is 0.500. The Hall–Kier alpha value is -0.970. The number of aromatic nitrogens is 2. The van der Waals surface area contributed by atoms with E-state index in [9.17, 15) is 8.78 Å². The molecular weight excluding hydrogens is 152 g/mol. The zero-order valence-electron chi connectivity index (χ0n) is 6.01. The largest absolute Gasteiger partial charge is 0.317 e. The number of hydrogen-bond donors (Lipinski definition) is 2. The van der Waals surface area contributed by atoms with Crippen LogP contribution in [0.5, 0.6) is 0 Å². The van der Waals surface area contributed by atoms with Crippen LogP contribution in [0.25, 0.3) is 0 Å². The summed E-state index contributed by atoms with van der Waals surface area (Å²) in [6, 6.07) is 0. The van der Waals surface area contributed by atoms with Crippen LogP contribution in [0.2, 0.25) is 0 Å². The Morgan fingerprint density at radius 3 is 2.73 bits per heavy atom. The van der Waals surface area contributed by atoms with E-state index in [1.807, 2.05) is 0 Å². The highest BCUT2D eigenvalue weighted by atomic mass is 19.3. The molecule has 0 bridgehead atoms. The number of halogens is 2. The van der Waals surface area contributed by atoms with Crippen LogP contribution in [-0.2, 0) is 5.54 Å². The molecule has 3 nitrogen and oxygen atoms in total. The number of nitrogens with two attached hydrogens (primary N) is 1. The van der Waals surface area contributed by atoms with Crippen LogP contribution < -0.4 is 5.73 Å². The summed E-state index contributed by atoms with van der Waals surface area (Å²) in [7, 11) is 0. The predicted octanol–water partition coefficient (Wildman–Crippen LogP) is 0.849. The second-order valence-electron chi connectivity index (χ2n) is 2.57. The second-order valence-corrected chi connectivity index (χ2v) is 2.57. The number of nitrogens with zero attached hydrogens (tertiary/aromatic N) is 1. The summed E-state index contributed by atoms with van der Waals surface area (Å²) in [5.74, 6) is 0. The molecule has 1 atom stereocenters. The van der Waals surface area contributed by atoms with Crippen molar-refractivity contribution >= 4 is 0 Å². The van der Waals surface area contributed by atoms with Gasteiger partial charge in [0.25, 0.3) is 6.43 Å². The van der Waals surface area contributed by atoms with E-state index < -0.39 is 12.0 Å². The highest BCUT2D eigenvalue weighted by molar-refractivity contribution is 5.16. The number of hydrogen-bond acceptors (Lipinski definition) is 2. The maximum Gasteiger partial charge on any atom is 0.260 e. The monoisotopic (exact) mass is 161 g/mol. The summed E-state index contributed by atoms with van der Waals surface area (Å²) >= 11 is 0. The molecular formula is C6H9F2N3. The number of rotatable bonds is 2. The Labute approximate surface area is 62.6 Å². The predicted molar refractivity (Wildman–Crippen MR) is 36.1 cm³/mol. The van der Waals surface area contributed by atoms with Gasteiger partial charge in [-0.2, -0.15) is 5.10 Å². The lowest BCUT2D eigenvalue weighted by molar-refractivity contribution is 0.0625. The molecule has 0 aliphatic heterocycles. The van der Waals surface area contributed by atoms with Gasteiger partial charge in [0.2, 0.25) is 0 Å². The molecule has 0 aromatic carbocycles. The van der Waals surface area contributed by atoms with Crippen LogP contribution in [0.3, 0.4) is 0 Å². The fourth-order valence-corrected chi connectivity index (χ4v) is 0.671. The average Bonchev–Trinajstić information content (AvgIpc) is 2.37. The first-order chi connectivity index (χ1) is 5.05. The first kappa shape index (κ1) is 8.13. The molecule has 1 aromatic heterocycles. The molecule has 1 unspecified atom stereocenters. The third-order valence-electron chi connectivity index (χ3n) is 1.57. The molecule has 0 saturated heterocycles. The van der Waals surface area contributed by atoms with Crippen LogP contribution in [-0.4, -0.2) is 16.6 Å². The minimum absolute atomic E-state index is 0.313. The number of H-pyrrole nitrogens is 1. The third kappa shape index (κ3) is 1.37. The summed E-state index contributed by atoms with van der Waals surface area (Å²) in [4.78, 5) is 0. The number of nitrogens with one attached hydrogen (secondary N) is 1. The van der Waals surface area contributed by atoms with Gasteiger partial charge in [-0.3, -0.25) is 5.10 Å². The third-order valence-corrected chi connectivity index (χ3v) is 1.57. The van der Waals surface area contributed by atoms with Crippen LogP contribution in [0.4, 0.5) is 8.78 Å². The van der Waals surface area contributed by atoms with E-state index in [4.69, 9.17) is 5.73 Å². The number of aromatic amines is 1. The van der Waals surface area contributed by atoms with Gasteiger partial charge in [-0.1, -0.05) is 0 Å². The van der Waals surface area contributed by atoms with Crippen molar-refractivity contribution in [2.45, 2.75) is 18.9 Å². The molecule has 3 N–H and O–H groups in total. The molecule has 0 fully saturated rings. The first-order valence-electron chi connectivity index (χ1n) is 3.11. The number of alkyl halides is 2. The van der Waals surface area contributed by atoms with E-state index in [0.717, 1.165) is 0 Å². The van der Waals surface area contributed by atoms with Crippen molar-refractivity contribution in [2.24, 2.45) is 5.73 Å². The Morgan fingerprint density at radius 2 is 2.36 bits per heavy atom. The van der Waals surface area contributed by atoms with Gasteiger partial charge < -0.3 is 5.73 Å². The fourth-order valence-electron chi connectivity index (χ4n) is 0.671. The SMILES string of the molecule is CC(N)(c1cn[nH]c1)C(F)F. The summed E-state index contributed by atoms with van der Waals surface area (Å²) in [5.41, 5.74) is 4.02. The lowest BCUT2D eigenvalue weighted by atomic mass is 9.97. The van der Waals surface area contributed by atoms with Crippen molar-refractivity contribution in [3.63, 3.8) is 0 Å². The Bertz CT molecular complexity index is 218. The first-order valence-corrected chi connectivity index (χ1v) is 3.11. The van der Waals surface area contributed by atoms with Gasteiger partial charge in [0.05, 0.1) is 6.20 Å². The maximum atomic E-state index is 12.2. The molecule has 11 heavy (non-hydrogen) atoms. The van der Waals surface area contributed by atoms with E-state index >= 15 is 0 Å². The van der Waals surface area contributed by atoms with E-state index in [0.29, 0.717) is 5.56 Å². The topological polar surface area (TPSA) is 54.7 Å². The van der Waals surface area contributed by atoms with Crippen molar-refractivity contribution < 1.29 is 8.78 Å². The summed E-state index contributed by atoms with van der Waals surface area (Å²) in [6.07, 6.45) is 0.0818. The molecule has 0 amide bonds. The van der Waals surface area contributed by atoms with E-state index in [1.165, 1.54) is 19.3 Å². The van der Waals surface area contributed by atoms with Crippen molar-refractivity contribution in [2.75, 3.05) is 0 Å². The molecule has 0 spiro atoms. The molecule has 0 saturated carbocycles. The highest BCUT2D eigenvalue weighted by Crippen LogP contribution is 2.23. The molecule has 62 valence electrons. The van der Waals surface area contributed by atoms with Gasteiger partial charge in [-0.15, -0.1) is 0 Å². The normalized spacial score (nSPS) is 16.8. The summed E-state index contributed by atoms with van der Waals surface area (Å²) in [5, 5.41) is 5.96. The average molecular weight is 161 g/mol. The molecule has 0 radical (unpaired) electrons. The molecule has 5 heteroatoms. The van der Waals surface area contributed by atoms with E-state index in [-0.39, 0.29) is 0 Å². The van der Waals surface area contributed by atoms with Crippen LogP contribution in [0, 0.1) is 0 Å². The maximum absolute atomic E-state index is 12.2. The van der Waals surface area contributed by atoms with Crippen molar-refractivity contribution in [3.05, 3.63) is 18.0 Å². The minimum Gasteiger partial charge on any atom is -0.317 e. The molecule has 1 aromatic rings. The Morgan fingerprint density at radius 1 is 1.73 bits per heavy atom. The van der Waals surface area contributed by atoms with E-state index in [1.54, 1.807) is 0 Å². The van der Waals surface area contributed by atoms with E-state index in [2.05, 4.69) is 10.2 Å². The smallest absolute Gasteiger partial charge is 0.260 e. The zero-order valence-corrected chi connectivity index (χ0v) is 6.01. The lowest BCUT2D eigenvalue weighted by Crippen LogP contribution is -2.40. The second kappa shape index (κ2) is 2.58. The van der Waals surface area contributed by atoms with Gasteiger partial charge >= 0.3 is 0 Å². The van der Waals surface area contributed by atoms with Gasteiger partial charge in [0.15, 0.2) is 0 Å². The summed E-state index contributed by atoms with van der Waals surface area (Å²) < 4.78 is 24.4. The van der Waals surface area contributed by atoms with Crippen LogP contribution in [0.15, 0.2) is 12.4 Å². The lowest BCUT2D eigenvalue weighted by Gasteiger charge is -2.21. The highest BCUT2D eigenvalue weighted by Gasteiger charge is 2.32. The minimum atomic E-state index is -2.58. The standard InChI is InChI=1S/C6H9F2N3/c1-6(9,5(7)8)4-2-10-11-3-4/h2-3,5H,9H2,1H3,(H,10,11). The Balaban J connectivity index is 2.90. The van der Waals surface area contributed by atoms with Gasteiger partial charge in [-0.05, 0) is 6.92 Å². The molecule has 0 aliphatic rings. The van der Waals surface area contributed by atoms with Gasteiger partial charge in [0.1, 0.15) is 5.54 Å². The van der Waals surface area contributed by atoms with Crippen molar-refractivity contribution in [3.8, 4) is 0 Å². The van der Waals surface area contributed by atoms with Crippen LogP contribution >= 0.6 is 0 Å². The molecule has 1 heterocycles. The molecule has 1 rings (SSSR count). The zero-order chi connectivity index (χ0) is 8.48. The van der Waals surface area contributed by atoms with Gasteiger partial charge in [-0.25, -0.2) is 8.78 Å². The Kier molecular flexibility index (Phi) is 1.90. The molecule has 0 aliphatic carbocycles. The van der Waals surface area contributed by atoms with Crippen LogP contribution in [0.1, 0.15) is 12.5 Å².